The highest BCUT2D eigenvalue weighted by Gasteiger charge is 2.11. The van der Waals surface area contributed by atoms with Gasteiger partial charge in [0.25, 0.3) is 0 Å². The third-order valence-corrected chi connectivity index (χ3v) is 2.77. The Morgan fingerprint density at radius 3 is 2.72 bits per heavy atom. The number of nitrogens with two attached hydrogens (primary N) is 1. The largest absolute Gasteiger partial charge is 0.324 e. The third-order valence-electron chi connectivity index (χ3n) is 2.77. The van der Waals surface area contributed by atoms with E-state index in [-0.39, 0.29) is 12.0 Å². The summed E-state index contributed by atoms with van der Waals surface area (Å²) in [6.07, 6.45) is 3.61. The van der Waals surface area contributed by atoms with Gasteiger partial charge in [-0.2, -0.15) is 0 Å². The molecule has 0 radical (unpaired) electrons. The summed E-state index contributed by atoms with van der Waals surface area (Å²) in [5.41, 5.74) is 8.07. The predicted molar refractivity (Wildman–Crippen MR) is 66.0 cm³/mol. The number of rotatable bonds is 3. The van der Waals surface area contributed by atoms with Gasteiger partial charge in [-0.3, -0.25) is 4.98 Å². The average Bonchev–Trinajstić information content (AvgIpc) is 2.34. The van der Waals surface area contributed by atoms with Gasteiger partial charge in [-0.15, -0.1) is 0 Å². The number of halogens is 2. The number of hydrogen-bond donors (Lipinski definition) is 1. The normalized spacial score (nSPS) is 12.4. The minimum absolute atomic E-state index is 0.245. The van der Waals surface area contributed by atoms with Gasteiger partial charge in [0.15, 0.2) is 0 Å². The van der Waals surface area contributed by atoms with Gasteiger partial charge in [-0.05, 0) is 48.2 Å². The number of aromatic nitrogens is 1. The molecule has 2 rings (SSSR count). The summed E-state index contributed by atoms with van der Waals surface area (Å²) < 4.78 is 26.5. The molecule has 0 aliphatic carbocycles. The van der Waals surface area contributed by atoms with E-state index in [0.717, 1.165) is 23.3 Å². The van der Waals surface area contributed by atoms with Gasteiger partial charge in [0.1, 0.15) is 11.6 Å². The van der Waals surface area contributed by atoms with Crippen molar-refractivity contribution in [3.8, 4) is 0 Å². The first kappa shape index (κ1) is 12.6. The van der Waals surface area contributed by atoms with Crippen molar-refractivity contribution in [2.24, 2.45) is 5.73 Å². The van der Waals surface area contributed by atoms with Crippen molar-refractivity contribution in [3.05, 3.63) is 65.0 Å². The molecule has 0 fully saturated rings. The lowest BCUT2D eigenvalue weighted by Crippen LogP contribution is -2.14. The number of hydrogen-bond acceptors (Lipinski definition) is 2. The van der Waals surface area contributed by atoms with E-state index in [0.29, 0.717) is 0 Å². The highest BCUT2D eigenvalue weighted by atomic mass is 19.1. The highest BCUT2D eigenvalue weighted by molar-refractivity contribution is 5.25. The molecule has 0 aliphatic heterocycles. The summed E-state index contributed by atoms with van der Waals surface area (Å²) in [6, 6.07) is 4.89. The zero-order valence-corrected chi connectivity index (χ0v) is 10.0. The summed E-state index contributed by atoms with van der Waals surface area (Å²) in [5, 5.41) is 0. The van der Waals surface area contributed by atoms with Gasteiger partial charge in [0, 0.05) is 18.4 Å². The first-order chi connectivity index (χ1) is 8.56. The summed E-state index contributed by atoms with van der Waals surface area (Å²) in [4.78, 5) is 4.04. The van der Waals surface area contributed by atoms with Gasteiger partial charge in [0.05, 0.1) is 0 Å². The molecule has 0 amide bonds. The molecule has 1 aromatic heterocycles. The van der Waals surface area contributed by atoms with Gasteiger partial charge in [0.2, 0.25) is 0 Å². The van der Waals surface area contributed by atoms with E-state index in [1.165, 1.54) is 6.07 Å². The van der Waals surface area contributed by atoms with E-state index >= 15 is 0 Å². The molecule has 4 heteroatoms. The highest BCUT2D eigenvalue weighted by Crippen LogP contribution is 2.19. The molecule has 1 aromatic carbocycles. The van der Waals surface area contributed by atoms with Crippen molar-refractivity contribution >= 4 is 0 Å². The van der Waals surface area contributed by atoms with Crippen LogP contribution in [0.5, 0.6) is 0 Å². The van der Waals surface area contributed by atoms with Crippen molar-refractivity contribution in [2.75, 3.05) is 0 Å². The molecular formula is C14H14F2N2. The maximum absolute atomic E-state index is 13.5. The van der Waals surface area contributed by atoms with Crippen molar-refractivity contribution in [3.63, 3.8) is 0 Å². The second-order valence-electron chi connectivity index (χ2n) is 4.34. The number of benzene rings is 1. The molecule has 0 aliphatic rings. The van der Waals surface area contributed by atoms with Crippen LogP contribution in [0.25, 0.3) is 0 Å². The Morgan fingerprint density at radius 1 is 1.22 bits per heavy atom. The molecule has 1 unspecified atom stereocenters. The Bertz CT molecular complexity index is 555. The van der Waals surface area contributed by atoms with Crippen LogP contribution in [0.1, 0.15) is 22.7 Å². The lowest BCUT2D eigenvalue weighted by atomic mass is 10.00. The molecule has 2 nitrogen and oxygen atoms in total. The van der Waals surface area contributed by atoms with Gasteiger partial charge in [-0.25, -0.2) is 8.78 Å². The fourth-order valence-corrected chi connectivity index (χ4v) is 1.84. The summed E-state index contributed by atoms with van der Waals surface area (Å²) in [7, 11) is 0. The van der Waals surface area contributed by atoms with Crippen LogP contribution in [-0.4, -0.2) is 4.98 Å². The summed E-state index contributed by atoms with van der Waals surface area (Å²) >= 11 is 0. The molecule has 0 saturated carbocycles. The molecule has 2 N–H and O–H groups in total. The smallest absolute Gasteiger partial charge is 0.126 e. The minimum atomic E-state index is -0.457. The topological polar surface area (TPSA) is 38.9 Å². The molecule has 2 aromatic rings. The maximum Gasteiger partial charge on any atom is 0.126 e. The lowest BCUT2D eigenvalue weighted by Gasteiger charge is -2.13. The molecular weight excluding hydrogens is 234 g/mol. The first-order valence-corrected chi connectivity index (χ1v) is 5.67. The van der Waals surface area contributed by atoms with Crippen LogP contribution in [0.15, 0.2) is 36.7 Å². The average molecular weight is 248 g/mol. The summed E-state index contributed by atoms with van der Waals surface area (Å²) in [5.74, 6) is -0.895. The van der Waals surface area contributed by atoms with E-state index in [1.54, 1.807) is 12.4 Å². The van der Waals surface area contributed by atoms with Crippen LogP contribution >= 0.6 is 0 Å². The van der Waals surface area contributed by atoms with E-state index in [9.17, 15) is 8.78 Å². The van der Waals surface area contributed by atoms with Gasteiger partial charge >= 0.3 is 0 Å². The second kappa shape index (κ2) is 5.23. The quantitative estimate of drug-likeness (QED) is 0.907. The van der Waals surface area contributed by atoms with Crippen LogP contribution in [0.2, 0.25) is 0 Å². The van der Waals surface area contributed by atoms with Crippen LogP contribution in [-0.2, 0) is 6.42 Å². The van der Waals surface area contributed by atoms with Gasteiger partial charge in [-0.1, -0.05) is 6.07 Å². The SMILES string of the molecule is Cc1cncc(C(N)Cc2cc(F)ccc2F)c1. The van der Waals surface area contributed by atoms with E-state index < -0.39 is 17.7 Å². The van der Waals surface area contributed by atoms with Crippen molar-refractivity contribution in [2.45, 2.75) is 19.4 Å². The Morgan fingerprint density at radius 2 is 2.00 bits per heavy atom. The Balaban J connectivity index is 2.21. The van der Waals surface area contributed by atoms with Crippen molar-refractivity contribution in [1.29, 1.82) is 0 Å². The minimum Gasteiger partial charge on any atom is -0.324 e. The van der Waals surface area contributed by atoms with Crippen LogP contribution in [0.4, 0.5) is 8.78 Å². The van der Waals surface area contributed by atoms with Crippen molar-refractivity contribution < 1.29 is 8.78 Å². The molecule has 1 heterocycles. The maximum atomic E-state index is 13.5. The Labute approximate surface area is 104 Å². The fourth-order valence-electron chi connectivity index (χ4n) is 1.84. The second-order valence-corrected chi connectivity index (χ2v) is 4.34. The molecule has 0 spiro atoms. The molecule has 0 saturated heterocycles. The number of aryl methyl sites for hydroxylation is 1. The van der Waals surface area contributed by atoms with E-state index in [4.69, 9.17) is 5.73 Å². The molecule has 0 bridgehead atoms. The molecule has 1 atom stereocenters. The van der Waals surface area contributed by atoms with E-state index in [2.05, 4.69) is 4.98 Å². The Hall–Kier alpha value is -1.81. The summed E-state index contributed by atoms with van der Waals surface area (Å²) in [6.45, 7) is 1.91. The van der Waals surface area contributed by atoms with Gasteiger partial charge < -0.3 is 5.73 Å². The first-order valence-electron chi connectivity index (χ1n) is 5.67. The van der Waals surface area contributed by atoms with Crippen LogP contribution < -0.4 is 5.73 Å². The van der Waals surface area contributed by atoms with Crippen LogP contribution in [0, 0.1) is 18.6 Å². The number of nitrogens with zero attached hydrogens (tertiary/aromatic N) is 1. The molecule has 94 valence electrons. The number of pyridine rings is 1. The predicted octanol–water partition coefficient (Wildman–Crippen LogP) is 2.91. The van der Waals surface area contributed by atoms with E-state index in [1.807, 2.05) is 13.0 Å². The zero-order chi connectivity index (χ0) is 13.1. The zero-order valence-electron chi connectivity index (χ0n) is 10.0. The molecule has 18 heavy (non-hydrogen) atoms. The standard InChI is InChI=1S/C14H14F2N2/c1-9-4-11(8-18-7-9)14(17)6-10-5-12(15)2-3-13(10)16/h2-5,7-8,14H,6,17H2,1H3. The Kier molecular flexibility index (Phi) is 3.67. The van der Waals surface area contributed by atoms with Crippen LogP contribution in [0.3, 0.4) is 0 Å². The third kappa shape index (κ3) is 2.90. The fraction of sp³-hybridized carbons (Fsp3) is 0.214. The van der Waals surface area contributed by atoms with Crippen molar-refractivity contribution in [1.82, 2.24) is 4.98 Å². The lowest BCUT2D eigenvalue weighted by molar-refractivity contribution is 0.572. The monoisotopic (exact) mass is 248 g/mol.